The lowest BCUT2D eigenvalue weighted by Gasteiger charge is -2.47. The highest BCUT2D eigenvalue weighted by molar-refractivity contribution is 7.91. The van der Waals surface area contributed by atoms with Crippen molar-refractivity contribution >= 4 is 78.3 Å². The average Bonchev–Trinajstić information content (AvgIpc) is 1.53. The van der Waals surface area contributed by atoms with Crippen LogP contribution in [0.4, 0.5) is 11.4 Å². The van der Waals surface area contributed by atoms with Gasteiger partial charge in [0.2, 0.25) is 31.9 Å². The number of nitrogens with zero attached hydrogens (tertiary/aromatic N) is 4. The van der Waals surface area contributed by atoms with Crippen LogP contribution in [0.1, 0.15) is 174 Å². The molecule has 4 amide bonds. The van der Waals surface area contributed by atoms with Crippen LogP contribution in [0.2, 0.25) is 10.0 Å². The first kappa shape index (κ1) is 66.9. The number of hydrogen-bond acceptors (Lipinski definition) is 12. The number of carbonyl (C=O) groups excluding carboxylic acids is 4. The molecule has 4 aromatic carbocycles. The van der Waals surface area contributed by atoms with Gasteiger partial charge in [0.1, 0.15) is 11.5 Å². The summed E-state index contributed by atoms with van der Waals surface area (Å²) in [5, 5.41) is 5.86. The van der Waals surface area contributed by atoms with Gasteiger partial charge in [-0.3, -0.25) is 39.5 Å². The fourth-order valence-corrected chi connectivity index (χ4v) is 19.6. The summed E-state index contributed by atoms with van der Waals surface area (Å²) in [7, 11) is -7.97. The lowest BCUT2D eigenvalue weighted by Crippen LogP contribution is -2.58. The number of ether oxygens (including phenoxy) is 2. The fourth-order valence-electron chi connectivity index (χ4n) is 16.6. The van der Waals surface area contributed by atoms with Crippen LogP contribution in [0.15, 0.2) is 72.8 Å². The van der Waals surface area contributed by atoms with Gasteiger partial charge in [-0.1, -0.05) is 49.2 Å². The van der Waals surface area contributed by atoms with Gasteiger partial charge in [0.05, 0.1) is 46.9 Å². The Morgan fingerprint density at radius 3 is 1.33 bits per heavy atom. The minimum absolute atomic E-state index is 0.0641. The predicted molar refractivity (Wildman–Crippen MR) is 357 cm³/mol. The molecule has 4 aliphatic heterocycles. The van der Waals surface area contributed by atoms with Crippen molar-refractivity contribution in [2.75, 3.05) is 49.2 Å². The number of rotatable bonds is 2. The Labute approximate surface area is 552 Å². The average molecular weight is 1330 g/mol. The molecule has 4 N–H and O–H groups in total. The molecule has 12 atom stereocenters. The van der Waals surface area contributed by atoms with Crippen molar-refractivity contribution in [3.8, 4) is 11.5 Å². The van der Waals surface area contributed by atoms with Crippen LogP contribution in [0.25, 0.3) is 9.69 Å². The first-order valence-corrected chi connectivity index (χ1v) is 36.7. The number of amides is 4. The Kier molecular flexibility index (Phi) is 19.1. The third-order valence-electron chi connectivity index (χ3n) is 22.2. The highest BCUT2D eigenvalue weighted by Gasteiger charge is 2.57. The van der Waals surface area contributed by atoms with Gasteiger partial charge in [-0.2, -0.15) is 0 Å². The third kappa shape index (κ3) is 13.2. The molecule has 4 heterocycles. The molecular weight excluding hydrogens is 1250 g/mol. The summed E-state index contributed by atoms with van der Waals surface area (Å²) in [4.78, 5) is 64.8. The van der Waals surface area contributed by atoms with E-state index in [1.807, 2.05) is 26.0 Å². The van der Waals surface area contributed by atoms with Gasteiger partial charge >= 0.3 is 11.3 Å². The minimum Gasteiger partial charge on any atom is -0.490 e. The third-order valence-corrected chi connectivity index (χ3v) is 26.5. The minimum atomic E-state index is -3.98. The van der Waals surface area contributed by atoms with Crippen LogP contribution in [0.5, 0.6) is 11.5 Å². The molecular formula is C70H86Cl2N8O10S2. The van der Waals surface area contributed by atoms with E-state index in [9.17, 15) is 36.0 Å². The van der Waals surface area contributed by atoms with E-state index in [2.05, 4.69) is 63.8 Å². The molecule has 4 aromatic rings. The summed E-state index contributed by atoms with van der Waals surface area (Å²) < 4.78 is 71.2. The summed E-state index contributed by atoms with van der Waals surface area (Å²) >= 11 is 12.8. The fraction of sp³-hybridized carbons (Fsp3) is 0.571. The van der Waals surface area contributed by atoms with Crippen molar-refractivity contribution < 1.29 is 45.5 Å². The summed E-state index contributed by atoms with van der Waals surface area (Å²) in [5.74, 6) is -0.947. The van der Waals surface area contributed by atoms with E-state index in [0.29, 0.717) is 99.5 Å². The highest BCUT2D eigenvalue weighted by Crippen LogP contribution is 2.52. The van der Waals surface area contributed by atoms with Gasteiger partial charge in [-0.25, -0.2) is 39.4 Å². The first-order chi connectivity index (χ1) is 43.7. The second-order valence-electron chi connectivity index (χ2n) is 28.0. The molecule has 4 aliphatic carbocycles. The van der Waals surface area contributed by atoms with Crippen LogP contribution < -0.4 is 39.4 Å². The molecule has 4 bridgehead atoms. The molecule has 0 saturated heterocycles. The zero-order valence-corrected chi connectivity index (χ0v) is 56.7. The Bertz CT molecular complexity index is 3630. The van der Waals surface area contributed by atoms with Crippen LogP contribution in [-0.4, -0.2) is 102 Å². The molecule has 2 saturated carbocycles. The first-order valence-electron chi connectivity index (χ1n) is 32.8. The van der Waals surface area contributed by atoms with E-state index in [1.165, 1.54) is 36.1 Å². The Morgan fingerprint density at radius 2 is 0.967 bits per heavy atom. The van der Waals surface area contributed by atoms with Crippen molar-refractivity contribution in [3.63, 3.8) is 0 Å². The van der Waals surface area contributed by atoms with Crippen molar-refractivity contribution in [1.29, 1.82) is 0 Å². The summed E-state index contributed by atoms with van der Waals surface area (Å²) in [6, 6.07) is 22.5. The molecule has 92 heavy (non-hydrogen) atoms. The van der Waals surface area contributed by atoms with Crippen molar-refractivity contribution in [2.45, 2.75) is 177 Å². The van der Waals surface area contributed by atoms with Crippen LogP contribution >= 0.6 is 23.2 Å². The van der Waals surface area contributed by atoms with Crippen molar-refractivity contribution in [3.05, 3.63) is 139 Å². The van der Waals surface area contributed by atoms with E-state index in [1.54, 1.807) is 50.2 Å². The number of aryl methyl sites for hydroxylation is 2. The van der Waals surface area contributed by atoms with Gasteiger partial charge in [0.15, 0.2) is 0 Å². The lowest BCUT2D eigenvalue weighted by molar-refractivity contribution is -0.123. The maximum Gasteiger partial charge on any atom is 0.310 e. The maximum absolute atomic E-state index is 13.5. The number of anilines is 2. The molecule has 18 nitrogen and oxygen atoms in total. The van der Waals surface area contributed by atoms with E-state index >= 15 is 0 Å². The van der Waals surface area contributed by atoms with E-state index in [4.69, 9.17) is 45.8 Å². The molecule has 22 heteroatoms. The normalized spacial score (nSPS) is 32.3. The molecule has 0 aromatic heterocycles. The SMILES string of the molecule is [C-]#[N+][C@@]1(NC(C)=O)CCC[C@H](C)[C@@H](C)S(=O)(=O)NC(=O)c2ccc3c(c2)N(C[C@@H]2CC[C@H]21)C[C@@]1(CCCc2cc(Cl)ccc21)CO3.[C-]#[N+][C@]1(NC(C)=O)CCC[C@H](C)[C@@H](C)S(=O)(=O)NC(=O)c2ccc3c(c2)N(C[C@@H]2CC[C@H]21)C[C@@]1(CCCc2cc(Cl)ccc21)CO3. The standard InChI is InChI=1S/2C35H43ClN4O5S/c2*1-22-7-5-16-35(37-4,38-24(3)41)30-12-9-27(30)19-40-20-34(15-6-8-25-17-28(36)11-13-29(25)34)21-45-32-14-10-26(18-31(32)40)33(42)39-46(43,44)23(22)2/h2*10-11,13-14,17-18,22-23,27,30H,5-9,12,15-16,19-21H2,1-3H3,(H,38,41)(H,39,42)/t22-,23+,27-,30+,34-,35+;22-,23+,27-,30+,34-,35-/m00/s1. The smallest absolute Gasteiger partial charge is 0.310 e. The summed E-state index contributed by atoms with van der Waals surface area (Å²) in [6.45, 7) is 29.9. The molecule has 0 radical (unpaired) electrons. The number of fused-ring (bicyclic) bond motifs is 8. The number of sulfonamides is 2. The second kappa shape index (κ2) is 26.3. The van der Waals surface area contributed by atoms with E-state index in [0.717, 1.165) is 75.6 Å². The Morgan fingerprint density at radius 1 is 0.565 bits per heavy atom. The second-order valence-corrected chi connectivity index (χ2v) is 32.9. The summed E-state index contributed by atoms with van der Waals surface area (Å²) in [5.41, 5.74) is 4.02. The van der Waals surface area contributed by atoms with Gasteiger partial charge in [-0.15, -0.1) is 0 Å². The van der Waals surface area contributed by atoms with Crippen molar-refractivity contribution in [2.24, 2.45) is 35.5 Å². The number of hydrogen-bond donors (Lipinski definition) is 4. The highest BCUT2D eigenvalue weighted by atomic mass is 35.5. The van der Waals surface area contributed by atoms with Gasteiger partial charge in [0.25, 0.3) is 11.8 Å². The van der Waals surface area contributed by atoms with Gasteiger partial charge in [0, 0.05) is 84.9 Å². The Balaban J connectivity index is 0.000000188. The van der Waals surface area contributed by atoms with E-state index in [-0.39, 0.29) is 69.3 Å². The quantitative estimate of drug-likeness (QED) is 0.138. The topological polar surface area (TPSA) is 218 Å². The van der Waals surface area contributed by atoms with Gasteiger partial charge < -0.3 is 19.3 Å². The Hall–Kier alpha value is -6.58. The molecule has 2 fully saturated rings. The number of halogens is 2. The number of carbonyl (C=O) groups is 4. The zero-order chi connectivity index (χ0) is 65.7. The lowest BCUT2D eigenvalue weighted by atomic mass is 9.64. The number of benzene rings is 4. The number of nitrogens with one attached hydrogen (secondary N) is 4. The van der Waals surface area contributed by atoms with Crippen LogP contribution in [0.3, 0.4) is 0 Å². The maximum atomic E-state index is 13.5. The zero-order valence-electron chi connectivity index (χ0n) is 53.5. The largest absolute Gasteiger partial charge is 0.490 e. The molecule has 0 unspecified atom stereocenters. The molecule has 2 spiro atoms. The van der Waals surface area contributed by atoms with E-state index < -0.39 is 53.7 Å². The monoisotopic (exact) mass is 1330 g/mol. The molecule has 8 aliphatic rings. The van der Waals surface area contributed by atoms with Gasteiger partial charge in [-0.05, 0) is 210 Å². The molecule has 12 rings (SSSR count). The summed E-state index contributed by atoms with van der Waals surface area (Å²) in [6.07, 6.45) is 12.2. The predicted octanol–water partition coefficient (Wildman–Crippen LogP) is 11.7. The van der Waals surface area contributed by atoms with Crippen molar-refractivity contribution in [1.82, 2.24) is 20.1 Å². The van der Waals surface area contributed by atoms with Crippen LogP contribution in [0, 0.1) is 48.7 Å². The van der Waals surface area contributed by atoms with Crippen LogP contribution in [-0.2, 0) is 53.3 Å². The molecule has 492 valence electrons.